The van der Waals surface area contributed by atoms with Crippen LogP contribution >= 0.6 is 0 Å². The number of nitro benzene ring substituents is 1. The standard InChI is InChI=1S/C16H9N3O3/c17-9-11-3-1-10(2-4-11)7-14-13-8-12(19(21)22)5-6-15(13)18-16(14)20/h1-8H,(H,18,20). The Balaban J connectivity index is 2.06. The number of hydrogen-bond acceptors (Lipinski definition) is 4. The van der Waals surface area contributed by atoms with Crippen molar-refractivity contribution in [1.29, 1.82) is 5.26 Å². The molecule has 106 valence electrons. The maximum Gasteiger partial charge on any atom is 0.270 e. The normalized spacial score (nSPS) is 14.3. The maximum atomic E-state index is 12.0. The largest absolute Gasteiger partial charge is 0.321 e. The fourth-order valence-electron chi connectivity index (χ4n) is 2.25. The lowest BCUT2D eigenvalue weighted by molar-refractivity contribution is -0.384. The van der Waals surface area contributed by atoms with Gasteiger partial charge in [0.2, 0.25) is 0 Å². The molecule has 22 heavy (non-hydrogen) atoms. The number of nitrogens with one attached hydrogen (secondary N) is 1. The molecule has 2 aromatic carbocycles. The first kappa shape index (κ1) is 13.5. The van der Waals surface area contributed by atoms with Crippen LogP contribution in [0.2, 0.25) is 0 Å². The first-order valence-electron chi connectivity index (χ1n) is 6.40. The van der Waals surface area contributed by atoms with Gasteiger partial charge in [0.15, 0.2) is 0 Å². The van der Waals surface area contributed by atoms with Crippen LogP contribution in [0.25, 0.3) is 11.6 Å². The minimum absolute atomic E-state index is 0.0685. The monoisotopic (exact) mass is 291 g/mol. The number of rotatable bonds is 2. The smallest absolute Gasteiger partial charge is 0.270 e. The molecular weight excluding hydrogens is 282 g/mol. The molecule has 0 bridgehead atoms. The molecule has 1 aliphatic heterocycles. The van der Waals surface area contributed by atoms with E-state index in [9.17, 15) is 14.9 Å². The zero-order chi connectivity index (χ0) is 15.7. The summed E-state index contributed by atoms with van der Waals surface area (Å²) in [4.78, 5) is 22.4. The second-order valence-corrected chi connectivity index (χ2v) is 4.73. The highest BCUT2D eigenvalue weighted by molar-refractivity contribution is 6.35. The van der Waals surface area contributed by atoms with E-state index in [4.69, 9.17) is 5.26 Å². The molecule has 1 heterocycles. The van der Waals surface area contributed by atoms with Crippen molar-refractivity contribution in [3.63, 3.8) is 0 Å². The zero-order valence-electron chi connectivity index (χ0n) is 11.2. The Labute approximate surface area is 125 Å². The number of fused-ring (bicyclic) bond motifs is 1. The number of carbonyl (C=O) groups excluding carboxylic acids is 1. The van der Waals surface area contributed by atoms with E-state index in [1.807, 2.05) is 6.07 Å². The van der Waals surface area contributed by atoms with Crippen LogP contribution in [0.5, 0.6) is 0 Å². The summed E-state index contributed by atoms with van der Waals surface area (Å²) in [7, 11) is 0. The number of carbonyl (C=O) groups is 1. The fraction of sp³-hybridized carbons (Fsp3) is 0. The van der Waals surface area contributed by atoms with E-state index in [1.165, 1.54) is 18.2 Å². The van der Waals surface area contributed by atoms with Crippen LogP contribution in [-0.4, -0.2) is 10.8 Å². The Hall–Kier alpha value is -3.46. The van der Waals surface area contributed by atoms with Gasteiger partial charge in [-0.2, -0.15) is 5.26 Å². The van der Waals surface area contributed by atoms with E-state index in [0.29, 0.717) is 22.4 Å². The van der Waals surface area contributed by atoms with Crippen molar-refractivity contribution in [2.75, 3.05) is 5.32 Å². The van der Waals surface area contributed by atoms with Gasteiger partial charge >= 0.3 is 0 Å². The van der Waals surface area contributed by atoms with Gasteiger partial charge in [0, 0.05) is 29.0 Å². The van der Waals surface area contributed by atoms with Gasteiger partial charge in [0.05, 0.1) is 16.6 Å². The van der Waals surface area contributed by atoms with Gasteiger partial charge in [-0.15, -0.1) is 0 Å². The Morgan fingerprint density at radius 1 is 1.18 bits per heavy atom. The predicted molar refractivity (Wildman–Crippen MR) is 80.8 cm³/mol. The van der Waals surface area contributed by atoms with Crippen LogP contribution in [0.1, 0.15) is 16.7 Å². The number of hydrogen-bond donors (Lipinski definition) is 1. The molecule has 0 spiro atoms. The zero-order valence-corrected chi connectivity index (χ0v) is 11.2. The van der Waals surface area contributed by atoms with Crippen LogP contribution in [0, 0.1) is 21.4 Å². The van der Waals surface area contributed by atoms with E-state index in [1.54, 1.807) is 30.3 Å². The Morgan fingerprint density at radius 3 is 2.55 bits per heavy atom. The van der Waals surface area contributed by atoms with E-state index in [2.05, 4.69) is 5.32 Å². The minimum atomic E-state index is -0.498. The first-order chi connectivity index (χ1) is 10.6. The van der Waals surface area contributed by atoms with Crippen molar-refractivity contribution in [3.05, 3.63) is 69.3 Å². The van der Waals surface area contributed by atoms with Crippen molar-refractivity contribution >= 4 is 28.9 Å². The molecular formula is C16H9N3O3. The van der Waals surface area contributed by atoms with Gasteiger partial charge in [0.25, 0.3) is 11.6 Å². The Morgan fingerprint density at radius 2 is 1.91 bits per heavy atom. The molecule has 0 saturated heterocycles. The van der Waals surface area contributed by atoms with Gasteiger partial charge in [0.1, 0.15) is 0 Å². The number of anilines is 1. The predicted octanol–water partition coefficient (Wildman–Crippen LogP) is 2.96. The van der Waals surface area contributed by atoms with Gasteiger partial charge in [-0.25, -0.2) is 0 Å². The van der Waals surface area contributed by atoms with E-state index < -0.39 is 4.92 Å². The van der Waals surface area contributed by atoms with Crippen LogP contribution in [0.15, 0.2) is 42.5 Å². The van der Waals surface area contributed by atoms with E-state index in [-0.39, 0.29) is 11.6 Å². The number of benzene rings is 2. The van der Waals surface area contributed by atoms with Crippen molar-refractivity contribution in [3.8, 4) is 6.07 Å². The molecule has 0 aliphatic carbocycles. The number of non-ortho nitro benzene ring substituents is 1. The Kier molecular flexibility index (Phi) is 3.16. The highest BCUT2D eigenvalue weighted by Gasteiger charge is 2.26. The minimum Gasteiger partial charge on any atom is -0.321 e. The quantitative estimate of drug-likeness (QED) is 0.522. The lowest BCUT2D eigenvalue weighted by Gasteiger charge is -1.99. The summed E-state index contributed by atoms with van der Waals surface area (Å²) in [5.74, 6) is -0.306. The summed E-state index contributed by atoms with van der Waals surface area (Å²) in [6.45, 7) is 0. The van der Waals surface area contributed by atoms with Crippen molar-refractivity contribution in [2.45, 2.75) is 0 Å². The van der Waals surface area contributed by atoms with Crippen molar-refractivity contribution in [2.24, 2.45) is 0 Å². The highest BCUT2D eigenvalue weighted by Crippen LogP contribution is 2.35. The summed E-state index contributed by atoms with van der Waals surface area (Å²) in [5, 5.41) is 22.3. The topological polar surface area (TPSA) is 96.0 Å². The number of nitrogens with zero attached hydrogens (tertiary/aromatic N) is 2. The van der Waals surface area contributed by atoms with Crippen LogP contribution in [-0.2, 0) is 4.79 Å². The summed E-state index contributed by atoms with van der Waals surface area (Å²) in [5.41, 5.74) is 2.61. The number of nitro groups is 1. The molecule has 1 N–H and O–H groups in total. The second kappa shape index (κ2) is 5.14. The van der Waals surface area contributed by atoms with Crippen LogP contribution in [0.4, 0.5) is 11.4 Å². The second-order valence-electron chi connectivity index (χ2n) is 4.73. The van der Waals surface area contributed by atoms with Crippen molar-refractivity contribution < 1.29 is 9.72 Å². The summed E-state index contributed by atoms with van der Waals surface area (Å²) in [6.07, 6.45) is 1.64. The highest BCUT2D eigenvalue weighted by atomic mass is 16.6. The molecule has 1 amide bonds. The lowest BCUT2D eigenvalue weighted by atomic mass is 10.0. The first-order valence-corrected chi connectivity index (χ1v) is 6.40. The third-order valence-electron chi connectivity index (χ3n) is 3.35. The Bertz CT molecular complexity index is 861. The molecule has 0 aromatic heterocycles. The maximum absolute atomic E-state index is 12.0. The van der Waals surface area contributed by atoms with E-state index in [0.717, 1.165) is 5.56 Å². The number of amides is 1. The molecule has 0 radical (unpaired) electrons. The third kappa shape index (κ3) is 2.31. The lowest BCUT2D eigenvalue weighted by Crippen LogP contribution is -2.03. The average molecular weight is 291 g/mol. The molecule has 0 unspecified atom stereocenters. The van der Waals surface area contributed by atoms with Gasteiger partial charge in [-0.1, -0.05) is 12.1 Å². The summed E-state index contributed by atoms with van der Waals surface area (Å²) >= 11 is 0. The molecule has 3 rings (SSSR count). The molecule has 0 saturated carbocycles. The van der Waals surface area contributed by atoms with Gasteiger partial charge in [-0.05, 0) is 29.8 Å². The van der Waals surface area contributed by atoms with Gasteiger partial charge < -0.3 is 5.32 Å². The molecule has 2 aromatic rings. The third-order valence-corrected chi connectivity index (χ3v) is 3.35. The average Bonchev–Trinajstić information content (AvgIpc) is 2.83. The van der Waals surface area contributed by atoms with Crippen molar-refractivity contribution in [1.82, 2.24) is 0 Å². The summed E-state index contributed by atoms with van der Waals surface area (Å²) < 4.78 is 0. The molecule has 1 aliphatic rings. The molecule has 0 atom stereocenters. The van der Waals surface area contributed by atoms with Crippen LogP contribution in [0.3, 0.4) is 0 Å². The molecule has 6 nitrogen and oxygen atoms in total. The fourth-order valence-corrected chi connectivity index (χ4v) is 2.25. The summed E-state index contributed by atoms with van der Waals surface area (Å²) in [6, 6.07) is 13.0. The number of nitriles is 1. The van der Waals surface area contributed by atoms with Gasteiger partial charge in [-0.3, -0.25) is 14.9 Å². The molecule has 0 fully saturated rings. The van der Waals surface area contributed by atoms with Crippen LogP contribution < -0.4 is 5.32 Å². The van der Waals surface area contributed by atoms with E-state index >= 15 is 0 Å². The SMILES string of the molecule is N#Cc1ccc(C=C2C(=O)Nc3ccc([N+](=O)[O-])cc32)cc1. The molecule has 6 heteroatoms.